The highest BCUT2D eigenvalue weighted by molar-refractivity contribution is 5.67. The molecule has 2 rings (SSSR count). The Hall–Kier alpha value is -1.87. The zero-order chi connectivity index (χ0) is 15.2. The van der Waals surface area contributed by atoms with Crippen LogP contribution in [0, 0.1) is 5.82 Å². The molecule has 0 bridgehead atoms. The first-order valence-electron chi connectivity index (χ1n) is 7.51. The van der Waals surface area contributed by atoms with E-state index in [1.807, 2.05) is 31.2 Å². The Morgan fingerprint density at radius 2 is 1.86 bits per heavy atom. The standard InChI is InChI=1S/C18H23FN2/c1-3-4-12-21(16-8-6-5-7-9-16)18-11-10-15(19)13-17(18)14(2)20/h5-11,13-14H,3-4,12,20H2,1-2H3/t14-/m1/s1. The normalized spacial score (nSPS) is 12.2. The largest absolute Gasteiger partial charge is 0.341 e. The second-order valence-corrected chi connectivity index (χ2v) is 5.33. The van der Waals surface area contributed by atoms with Gasteiger partial charge in [0.1, 0.15) is 5.82 Å². The van der Waals surface area contributed by atoms with E-state index in [1.54, 1.807) is 6.07 Å². The van der Waals surface area contributed by atoms with Gasteiger partial charge in [-0.1, -0.05) is 31.5 Å². The highest BCUT2D eigenvalue weighted by Crippen LogP contribution is 2.32. The van der Waals surface area contributed by atoms with Gasteiger partial charge in [-0.25, -0.2) is 4.39 Å². The Morgan fingerprint density at radius 1 is 1.14 bits per heavy atom. The molecule has 2 aromatic carbocycles. The maximum Gasteiger partial charge on any atom is 0.123 e. The van der Waals surface area contributed by atoms with Gasteiger partial charge < -0.3 is 10.6 Å². The van der Waals surface area contributed by atoms with E-state index in [9.17, 15) is 4.39 Å². The fourth-order valence-corrected chi connectivity index (χ4v) is 2.45. The number of hydrogen-bond acceptors (Lipinski definition) is 2. The average Bonchev–Trinajstić information content (AvgIpc) is 2.49. The van der Waals surface area contributed by atoms with Gasteiger partial charge in [-0.15, -0.1) is 0 Å². The van der Waals surface area contributed by atoms with Crippen LogP contribution in [0.2, 0.25) is 0 Å². The van der Waals surface area contributed by atoms with E-state index in [0.29, 0.717) is 0 Å². The van der Waals surface area contributed by atoms with Crippen LogP contribution in [0.1, 0.15) is 38.3 Å². The van der Waals surface area contributed by atoms with Crippen molar-refractivity contribution in [3.63, 3.8) is 0 Å². The van der Waals surface area contributed by atoms with E-state index in [-0.39, 0.29) is 11.9 Å². The van der Waals surface area contributed by atoms with Crippen LogP contribution in [0.3, 0.4) is 0 Å². The van der Waals surface area contributed by atoms with Crippen LogP contribution in [0.4, 0.5) is 15.8 Å². The lowest BCUT2D eigenvalue weighted by molar-refractivity contribution is 0.622. The predicted molar refractivity (Wildman–Crippen MR) is 87.4 cm³/mol. The number of nitrogens with zero attached hydrogens (tertiary/aromatic N) is 1. The quantitative estimate of drug-likeness (QED) is 0.827. The molecule has 0 fully saturated rings. The summed E-state index contributed by atoms with van der Waals surface area (Å²) in [6.07, 6.45) is 2.18. The highest BCUT2D eigenvalue weighted by atomic mass is 19.1. The van der Waals surface area contributed by atoms with Crippen LogP contribution in [0.15, 0.2) is 48.5 Å². The van der Waals surface area contributed by atoms with Crippen LogP contribution < -0.4 is 10.6 Å². The van der Waals surface area contributed by atoms with Crippen LogP contribution in [0.25, 0.3) is 0 Å². The summed E-state index contributed by atoms with van der Waals surface area (Å²) in [4.78, 5) is 2.22. The molecule has 21 heavy (non-hydrogen) atoms. The Balaban J connectivity index is 2.46. The van der Waals surface area contributed by atoms with Gasteiger partial charge >= 0.3 is 0 Å². The summed E-state index contributed by atoms with van der Waals surface area (Å²) in [5, 5.41) is 0. The monoisotopic (exact) mass is 286 g/mol. The molecule has 112 valence electrons. The lowest BCUT2D eigenvalue weighted by Gasteiger charge is -2.28. The Labute approximate surface area is 126 Å². The number of unbranched alkanes of at least 4 members (excludes halogenated alkanes) is 1. The van der Waals surface area contributed by atoms with Gasteiger partial charge in [0.15, 0.2) is 0 Å². The molecule has 0 saturated heterocycles. The van der Waals surface area contributed by atoms with Gasteiger partial charge in [-0.3, -0.25) is 0 Å². The topological polar surface area (TPSA) is 29.3 Å². The number of para-hydroxylation sites is 1. The molecule has 2 N–H and O–H groups in total. The summed E-state index contributed by atoms with van der Waals surface area (Å²) in [5.74, 6) is -0.241. The van der Waals surface area contributed by atoms with Gasteiger partial charge in [0.2, 0.25) is 0 Å². The molecular formula is C18H23FN2. The van der Waals surface area contributed by atoms with Crippen molar-refractivity contribution in [2.45, 2.75) is 32.7 Å². The molecule has 0 amide bonds. The van der Waals surface area contributed by atoms with Crippen LogP contribution in [-0.2, 0) is 0 Å². The molecule has 0 unspecified atom stereocenters. The molecule has 2 aromatic rings. The Bertz CT molecular complexity index is 567. The van der Waals surface area contributed by atoms with E-state index in [4.69, 9.17) is 5.73 Å². The third kappa shape index (κ3) is 3.82. The molecule has 0 aliphatic carbocycles. The van der Waals surface area contributed by atoms with Crippen molar-refractivity contribution in [1.29, 1.82) is 0 Å². The van der Waals surface area contributed by atoms with Crippen molar-refractivity contribution >= 4 is 11.4 Å². The summed E-state index contributed by atoms with van der Waals surface area (Å²) >= 11 is 0. The molecule has 0 aliphatic rings. The van der Waals surface area contributed by atoms with Crippen molar-refractivity contribution in [2.75, 3.05) is 11.4 Å². The number of nitrogens with two attached hydrogens (primary N) is 1. The van der Waals surface area contributed by atoms with Crippen LogP contribution in [-0.4, -0.2) is 6.54 Å². The fourth-order valence-electron chi connectivity index (χ4n) is 2.45. The first-order valence-corrected chi connectivity index (χ1v) is 7.51. The number of halogens is 1. The van der Waals surface area contributed by atoms with E-state index >= 15 is 0 Å². The van der Waals surface area contributed by atoms with Crippen molar-refractivity contribution in [2.24, 2.45) is 5.73 Å². The van der Waals surface area contributed by atoms with Gasteiger partial charge in [0, 0.05) is 24.0 Å². The Kier molecular flexibility index (Phi) is 5.34. The SMILES string of the molecule is CCCCN(c1ccccc1)c1ccc(F)cc1[C@@H](C)N. The third-order valence-electron chi connectivity index (χ3n) is 3.57. The minimum atomic E-state index is -0.241. The van der Waals surface area contributed by atoms with Crippen molar-refractivity contribution in [1.82, 2.24) is 0 Å². The average molecular weight is 286 g/mol. The van der Waals surface area contributed by atoms with Gasteiger partial charge in [0.05, 0.1) is 0 Å². The van der Waals surface area contributed by atoms with Crippen LogP contribution in [0.5, 0.6) is 0 Å². The number of benzene rings is 2. The number of anilines is 2. The molecule has 0 aliphatic heterocycles. The first-order chi connectivity index (χ1) is 10.1. The first kappa shape index (κ1) is 15.5. The minimum absolute atomic E-state index is 0.205. The number of hydrogen-bond donors (Lipinski definition) is 1. The van der Waals surface area contributed by atoms with Gasteiger partial charge in [-0.05, 0) is 49.2 Å². The van der Waals surface area contributed by atoms with Crippen molar-refractivity contribution in [3.05, 3.63) is 59.9 Å². The highest BCUT2D eigenvalue weighted by Gasteiger charge is 2.16. The zero-order valence-corrected chi connectivity index (χ0v) is 12.7. The van der Waals surface area contributed by atoms with E-state index in [2.05, 4.69) is 24.0 Å². The summed E-state index contributed by atoms with van der Waals surface area (Å²) in [7, 11) is 0. The molecule has 3 heteroatoms. The summed E-state index contributed by atoms with van der Waals surface area (Å²) < 4.78 is 13.6. The van der Waals surface area contributed by atoms with Gasteiger partial charge in [0.25, 0.3) is 0 Å². The summed E-state index contributed by atoms with van der Waals surface area (Å²) in [5.41, 5.74) is 8.98. The fraction of sp³-hybridized carbons (Fsp3) is 0.333. The molecule has 0 radical (unpaired) electrons. The van der Waals surface area contributed by atoms with E-state index in [1.165, 1.54) is 6.07 Å². The maximum atomic E-state index is 13.6. The maximum absolute atomic E-state index is 13.6. The molecule has 0 heterocycles. The Morgan fingerprint density at radius 3 is 2.48 bits per heavy atom. The minimum Gasteiger partial charge on any atom is -0.341 e. The smallest absolute Gasteiger partial charge is 0.123 e. The molecule has 1 atom stereocenters. The summed E-state index contributed by atoms with van der Waals surface area (Å²) in [6, 6.07) is 14.9. The third-order valence-corrected chi connectivity index (χ3v) is 3.57. The molecule has 0 aromatic heterocycles. The molecule has 0 saturated carbocycles. The summed E-state index contributed by atoms with van der Waals surface area (Å²) in [6.45, 7) is 4.95. The zero-order valence-electron chi connectivity index (χ0n) is 12.7. The van der Waals surface area contributed by atoms with Crippen molar-refractivity contribution < 1.29 is 4.39 Å². The molecular weight excluding hydrogens is 263 g/mol. The lowest BCUT2D eigenvalue weighted by atomic mass is 10.0. The lowest BCUT2D eigenvalue weighted by Crippen LogP contribution is -2.21. The van der Waals surface area contributed by atoms with E-state index in [0.717, 1.165) is 36.3 Å². The second kappa shape index (κ2) is 7.23. The van der Waals surface area contributed by atoms with Crippen molar-refractivity contribution in [3.8, 4) is 0 Å². The van der Waals surface area contributed by atoms with Gasteiger partial charge in [-0.2, -0.15) is 0 Å². The van der Waals surface area contributed by atoms with Crippen LogP contribution >= 0.6 is 0 Å². The number of rotatable bonds is 6. The predicted octanol–water partition coefficient (Wildman–Crippen LogP) is 4.78. The second-order valence-electron chi connectivity index (χ2n) is 5.33. The molecule has 0 spiro atoms. The van der Waals surface area contributed by atoms with E-state index < -0.39 is 0 Å². The molecule has 2 nitrogen and oxygen atoms in total.